The highest BCUT2D eigenvalue weighted by Crippen LogP contribution is 2.36. The Kier molecular flexibility index (Phi) is 4.46. The molecule has 4 rings (SSSR count). The third-order valence-corrected chi connectivity index (χ3v) is 4.91. The molecule has 1 N–H and O–H groups in total. The molecule has 2 aromatic carbocycles. The van der Waals surface area contributed by atoms with Gasteiger partial charge in [-0.15, -0.1) is 10.2 Å². The van der Waals surface area contributed by atoms with E-state index in [1.807, 2.05) is 55.5 Å². The molecule has 1 aromatic heterocycles. The lowest BCUT2D eigenvalue weighted by Crippen LogP contribution is -2.21. The summed E-state index contributed by atoms with van der Waals surface area (Å²) in [7, 11) is 0. The summed E-state index contributed by atoms with van der Waals surface area (Å²) in [5, 5.41) is 13.2. The van der Waals surface area contributed by atoms with Gasteiger partial charge in [-0.3, -0.25) is 0 Å². The normalized spacial score (nSPS) is 15.4. The number of nitrogens with one attached hydrogen (secondary N) is 1. The first-order chi connectivity index (χ1) is 12.2. The van der Waals surface area contributed by atoms with Crippen LogP contribution in [-0.4, -0.2) is 21.4 Å². The van der Waals surface area contributed by atoms with E-state index in [0.717, 1.165) is 27.6 Å². The molecule has 126 valence electrons. The number of para-hydroxylation sites is 1. The minimum Gasteiger partial charge on any atom is -0.452 e. The second-order valence-corrected chi connectivity index (χ2v) is 6.99. The van der Waals surface area contributed by atoms with Crippen molar-refractivity contribution in [1.29, 1.82) is 0 Å². The van der Waals surface area contributed by atoms with Crippen LogP contribution < -0.4 is 10.1 Å². The van der Waals surface area contributed by atoms with Gasteiger partial charge in [0.2, 0.25) is 11.0 Å². The van der Waals surface area contributed by atoms with Crippen LogP contribution in [0.2, 0.25) is 5.02 Å². The van der Waals surface area contributed by atoms with Crippen molar-refractivity contribution in [3.05, 3.63) is 59.1 Å². The minimum atomic E-state index is -0.201. The molecular weight excluding hydrogens is 356 g/mol. The van der Waals surface area contributed by atoms with Gasteiger partial charge in [-0.2, -0.15) is 4.98 Å². The van der Waals surface area contributed by atoms with Gasteiger partial charge in [-0.25, -0.2) is 0 Å². The third kappa shape index (κ3) is 3.55. The quantitative estimate of drug-likeness (QED) is 0.678. The predicted octanol–water partition coefficient (Wildman–Crippen LogP) is 4.63. The van der Waals surface area contributed by atoms with Crippen LogP contribution in [0.25, 0.3) is 11.3 Å². The molecule has 0 spiro atoms. The molecule has 0 aliphatic carbocycles. The molecule has 0 saturated carbocycles. The van der Waals surface area contributed by atoms with Crippen LogP contribution in [0.3, 0.4) is 0 Å². The van der Waals surface area contributed by atoms with E-state index in [2.05, 4.69) is 20.5 Å². The lowest BCUT2D eigenvalue weighted by atomic mass is 10.1. The molecule has 0 unspecified atom stereocenters. The Hall–Kier alpha value is -2.31. The number of nitrogens with zero attached hydrogens (tertiary/aromatic N) is 3. The van der Waals surface area contributed by atoms with E-state index >= 15 is 0 Å². The van der Waals surface area contributed by atoms with E-state index in [1.165, 1.54) is 11.8 Å². The largest absolute Gasteiger partial charge is 0.452 e. The lowest BCUT2D eigenvalue weighted by Gasteiger charge is -2.13. The van der Waals surface area contributed by atoms with Gasteiger partial charge in [0.15, 0.2) is 11.9 Å². The molecule has 0 bridgehead atoms. The molecule has 3 aromatic rings. The van der Waals surface area contributed by atoms with Crippen molar-refractivity contribution >= 4 is 29.1 Å². The maximum Gasteiger partial charge on any atom is 0.247 e. The maximum absolute atomic E-state index is 5.91. The van der Waals surface area contributed by atoms with Crippen molar-refractivity contribution in [3.8, 4) is 17.1 Å². The third-order valence-electron chi connectivity index (χ3n) is 3.75. The van der Waals surface area contributed by atoms with E-state index in [-0.39, 0.29) is 6.23 Å². The smallest absolute Gasteiger partial charge is 0.247 e. The number of halogens is 1. The molecule has 0 radical (unpaired) electrons. The summed E-state index contributed by atoms with van der Waals surface area (Å²) in [6.45, 7) is 1.94. The highest BCUT2D eigenvalue weighted by atomic mass is 35.5. The summed E-state index contributed by atoms with van der Waals surface area (Å²) < 4.78 is 5.89. The van der Waals surface area contributed by atoms with Crippen molar-refractivity contribution in [2.75, 3.05) is 5.32 Å². The molecule has 0 saturated heterocycles. The number of fused-ring (bicyclic) bond motifs is 3. The van der Waals surface area contributed by atoms with Gasteiger partial charge < -0.3 is 10.1 Å². The second kappa shape index (κ2) is 6.90. The monoisotopic (exact) mass is 370 g/mol. The summed E-state index contributed by atoms with van der Waals surface area (Å²) in [6.07, 6.45) is -0.201. The van der Waals surface area contributed by atoms with Gasteiger partial charge in [0.25, 0.3) is 0 Å². The summed E-state index contributed by atoms with van der Waals surface area (Å²) >= 11 is 7.43. The van der Waals surface area contributed by atoms with E-state index in [9.17, 15) is 0 Å². The zero-order chi connectivity index (χ0) is 17.2. The van der Waals surface area contributed by atoms with Crippen molar-refractivity contribution in [3.63, 3.8) is 0 Å². The van der Waals surface area contributed by atoms with Crippen molar-refractivity contribution in [2.24, 2.45) is 0 Å². The highest BCUT2D eigenvalue weighted by molar-refractivity contribution is 7.98. The Morgan fingerprint density at radius 2 is 1.92 bits per heavy atom. The van der Waals surface area contributed by atoms with Crippen LogP contribution in [-0.2, 0) is 5.75 Å². The molecule has 5 nitrogen and oxygen atoms in total. The van der Waals surface area contributed by atoms with Gasteiger partial charge >= 0.3 is 0 Å². The van der Waals surface area contributed by atoms with Gasteiger partial charge in [0.05, 0.1) is 0 Å². The molecular formula is C18H15ClN4OS. The van der Waals surface area contributed by atoms with E-state index < -0.39 is 0 Å². The summed E-state index contributed by atoms with van der Waals surface area (Å²) in [5.74, 6) is 1.24. The first-order valence-electron chi connectivity index (χ1n) is 7.83. The van der Waals surface area contributed by atoms with E-state index in [4.69, 9.17) is 16.3 Å². The number of hydrogen-bond donors (Lipinski definition) is 1. The second-order valence-electron chi connectivity index (χ2n) is 5.61. The summed E-state index contributed by atoms with van der Waals surface area (Å²) in [5.41, 5.74) is 3.71. The fourth-order valence-corrected chi connectivity index (χ4v) is 3.43. The number of hydrogen-bond acceptors (Lipinski definition) is 6. The molecule has 25 heavy (non-hydrogen) atoms. The Morgan fingerprint density at radius 3 is 2.76 bits per heavy atom. The van der Waals surface area contributed by atoms with Crippen LogP contribution in [0.4, 0.5) is 5.69 Å². The van der Waals surface area contributed by atoms with Gasteiger partial charge in [-0.1, -0.05) is 53.7 Å². The van der Waals surface area contributed by atoms with Crippen LogP contribution in [0.5, 0.6) is 5.88 Å². The maximum atomic E-state index is 5.91. The fourth-order valence-electron chi connectivity index (χ4n) is 2.57. The van der Waals surface area contributed by atoms with Crippen molar-refractivity contribution in [2.45, 2.75) is 24.1 Å². The predicted molar refractivity (Wildman–Crippen MR) is 100.0 cm³/mol. The zero-order valence-electron chi connectivity index (χ0n) is 13.4. The Labute approximate surface area is 154 Å². The number of thioether (sulfide) groups is 1. The van der Waals surface area contributed by atoms with Gasteiger partial charge in [0.1, 0.15) is 0 Å². The molecule has 2 heterocycles. The Balaban J connectivity index is 1.60. The van der Waals surface area contributed by atoms with Crippen LogP contribution >= 0.6 is 23.4 Å². The van der Waals surface area contributed by atoms with Crippen LogP contribution in [0.15, 0.2) is 53.7 Å². The molecule has 1 aliphatic rings. The average molecular weight is 371 g/mol. The van der Waals surface area contributed by atoms with Gasteiger partial charge in [0, 0.05) is 22.0 Å². The van der Waals surface area contributed by atoms with Crippen molar-refractivity contribution in [1.82, 2.24) is 15.2 Å². The molecule has 1 atom stereocenters. The standard InChI is InChI=1S/C18H15ClN4OS/c1-11-20-15-5-3-2-4-14(15)16-17(24-11)21-18(23-22-16)25-10-12-6-8-13(19)9-7-12/h2-9,11,20H,10H2,1H3/t11-/m0/s1. The average Bonchev–Trinajstić information content (AvgIpc) is 2.76. The molecule has 7 heteroatoms. The highest BCUT2D eigenvalue weighted by Gasteiger charge is 2.22. The minimum absolute atomic E-state index is 0.201. The number of rotatable bonds is 3. The lowest BCUT2D eigenvalue weighted by molar-refractivity contribution is 0.240. The number of anilines is 1. The topological polar surface area (TPSA) is 59.9 Å². The van der Waals surface area contributed by atoms with Gasteiger partial charge in [-0.05, 0) is 30.7 Å². The summed E-state index contributed by atoms with van der Waals surface area (Å²) in [4.78, 5) is 4.56. The zero-order valence-corrected chi connectivity index (χ0v) is 15.0. The summed E-state index contributed by atoms with van der Waals surface area (Å²) in [6, 6.07) is 15.7. The molecule has 0 amide bonds. The van der Waals surface area contributed by atoms with Crippen LogP contribution in [0.1, 0.15) is 12.5 Å². The molecule has 0 fully saturated rings. The van der Waals surface area contributed by atoms with E-state index in [0.29, 0.717) is 16.7 Å². The fraction of sp³-hybridized carbons (Fsp3) is 0.167. The van der Waals surface area contributed by atoms with Crippen LogP contribution in [0, 0.1) is 0 Å². The Bertz CT molecular complexity index is 904. The number of aromatic nitrogens is 3. The van der Waals surface area contributed by atoms with Crippen molar-refractivity contribution < 1.29 is 4.74 Å². The SMILES string of the molecule is C[C@H]1Nc2ccccc2-c2nnc(SCc3ccc(Cl)cc3)nc2O1. The Morgan fingerprint density at radius 1 is 1.12 bits per heavy atom. The first kappa shape index (κ1) is 16.2. The number of benzene rings is 2. The number of ether oxygens (including phenoxy) is 1. The molecule has 1 aliphatic heterocycles. The van der Waals surface area contributed by atoms with E-state index in [1.54, 1.807) is 0 Å². The first-order valence-corrected chi connectivity index (χ1v) is 9.20.